The summed E-state index contributed by atoms with van der Waals surface area (Å²) < 4.78 is 29.6. The van der Waals surface area contributed by atoms with Crippen LogP contribution in [0.15, 0.2) is 40.8 Å². The predicted octanol–water partition coefficient (Wildman–Crippen LogP) is 4.51. The third-order valence-electron chi connectivity index (χ3n) is 7.47. The molecule has 1 saturated heterocycles. The second-order valence-electron chi connectivity index (χ2n) is 10.5. The summed E-state index contributed by atoms with van der Waals surface area (Å²) in [6, 6.07) is 7.28. The Morgan fingerprint density at radius 3 is 2.51 bits per heavy atom. The second-order valence-corrected chi connectivity index (χ2v) is 11.2. The number of hydrogen-bond donors (Lipinski definition) is 3. The zero-order valence-electron chi connectivity index (χ0n) is 22.9. The molecule has 1 aliphatic heterocycles. The normalized spacial score (nSPS) is 18.1. The van der Waals surface area contributed by atoms with Gasteiger partial charge in [0.05, 0.1) is 11.8 Å². The van der Waals surface area contributed by atoms with E-state index in [1.807, 2.05) is 0 Å². The number of nitrogens with one attached hydrogen (secondary N) is 2. The van der Waals surface area contributed by atoms with Gasteiger partial charge in [-0.05, 0) is 80.5 Å². The van der Waals surface area contributed by atoms with Gasteiger partial charge in [0.15, 0.2) is 11.7 Å². The van der Waals surface area contributed by atoms with Gasteiger partial charge < -0.3 is 25.5 Å². The van der Waals surface area contributed by atoms with Crippen molar-refractivity contribution in [3.63, 3.8) is 0 Å². The standard InChI is InChI=1S/C29H34FN5O5S/c1-17-9-14-22(40-17)25(28(37)32-16-21-8-5-15-39-21)35(20-12-10-18(30)11-13-20)29(38)26-23(31)24(34-41-26)27(36)33-19-6-3-2-4-7-19/h9-14,19,21,25H,2-8,15-16,31H2,1H3,(H,32,37)(H,33,36)/t21-,25-/m0/s1. The molecule has 5 rings (SSSR count). The quantitative estimate of drug-likeness (QED) is 0.337. The maximum Gasteiger partial charge on any atom is 0.273 e. The molecule has 2 atom stereocenters. The van der Waals surface area contributed by atoms with Crippen molar-refractivity contribution in [3.05, 3.63) is 64.3 Å². The van der Waals surface area contributed by atoms with Crippen molar-refractivity contribution in [1.29, 1.82) is 0 Å². The molecule has 0 unspecified atom stereocenters. The Labute approximate surface area is 241 Å². The Kier molecular flexibility index (Phi) is 8.99. The first-order valence-corrected chi connectivity index (χ1v) is 14.7. The summed E-state index contributed by atoms with van der Waals surface area (Å²) in [6.07, 6.45) is 6.57. The van der Waals surface area contributed by atoms with E-state index in [0.717, 1.165) is 56.5 Å². The molecule has 41 heavy (non-hydrogen) atoms. The van der Waals surface area contributed by atoms with Gasteiger partial charge in [-0.3, -0.25) is 19.3 Å². The number of aromatic nitrogens is 1. The number of benzene rings is 1. The maximum atomic E-state index is 14.2. The average Bonchev–Trinajstić information content (AvgIpc) is 3.73. The van der Waals surface area contributed by atoms with Crippen molar-refractivity contribution in [2.75, 3.05) is 23.8 Å². The van der Waals surface area contributed by atoms with Crippen LogP contribution in [0.25, 0.3) is 0 Å². The molecule has 3 heterocycles. The zero-order valence-corrected chi connectivity index (χ0v) is 23.7. The first-order valence-electron chi connectivity index (χ1n) is 13.9. The highest BCUT2D eigenvalue weighted by Gasteiger charge is 2.38. The number of nitrogens with zero attached hydrogens (tertiary/aromatic N) is 2. The molecule has 4 N–H and O–H groups in total. The van der Waals surface area contributed by atoms with Crippen LogP contribution in [0.2, 0.25) is 0 Å². The molecule has 2 aliphatic rings. The van der Waals surface area contributed by atoms with E-state index in [9.17, 15) is 18.8 Å². The Hall–Kier alpha value is -3.77. The minimum Gasteiger partial charge on any atom is -0.464 e. The Bertz CT molecular complexity index is 1380. The highest BCUT2D eigenvalue weighted by Crippen LogP contribution is 2.34. The summed E-state index contributed by atoms with van der Waals surface area (Å²) in [5.74, 6) is -1.37. The number of furan rings is 1. The van der Waals surface area contributed by atoms with E-state index in [4.69, 9.17) is 14.9 Å². The third-order valence-corrected chi connectivity index (χ3v) is 8.32. The SMILES string of the molecule is Cc1ccc([C@@H](C(=O)NC[C@@H]2CCCO2)N(C(=O)c2snc(C(=O)NC3CCCCC3)c2N)c2ccc(F)cc2)o1. The predicted molar refractivity (Wildman–Crippen MR) is 152 cm³/mol. The number of halogens is 1. The summed E-state index contributed by atoms with van der Waals surface area (Å²) in [4.78, 5) is 42.2. The van der Waals surface area contributed by atoms with E-state index in [1.54, 1.807) is 19.1 Å². The van der Waals surface area contributed by atoms with Crippen LogP contribution >= 0.6 is 11.5 Å². The zero-order chi connectivity index (χ0) is 28.9. The Morgan fingerprint density at radius 1 is 1.10 bits per heavy atom. The molecule has 12 heteroatoms. The molecule has 10 nitrogen and oxygen atoms in total. The molecule has 0 bridgehead atoms. The first-order chi connectivity index (χ1) is 19.8. The average molecular weight is 584 g/mol. The monoisotopic (exact) mass is 583 g/mol. The Balaban J connectivity index is 1.48. The lowest BCUT2D eigenvalue weighted by atomic mass is 9.95. The van der Waals surface area contributed by atoms with Crippen molar-refractivity contribution >= 4 is 40.6 Å². The van der Waals surface area contributed by atoms with Gasteiger partial charge in [-0.1, -0.05) is 19.3 Å². The van der Waals surface area contributed by atoms with Gasteiger partial charge in [0.25, 0.3) is 17.7 Å². The molecular formula is C29H34FN5O5S. The van der Waals surface area contributed by atoms with Gasteiger partial charge >= 0.3 is 0 Å². The number of nitrogens with two attached hydrogens (primary N) is 1. The minimum absolute atomic E-state index is 0.0108. The molecule has 1 saturated carbocycles. The van der Waals surface area contributed by atoms with Crippen LogP contribution in [-0.4, -0.2) is 47.4 Å². The molecule has 1 aromatic carbocycles. The molecule has 3 amide bonds. The Morgan fingerprint density at radius 2 is 1.85 bits per heavy atom. The summed E-state index contributed by atoms with van der Waals surface area (Å²) in [6.45, 7) is 2.62. The molecule has 2 aromatic heterocycles. The lowest BCUT2D eigenvalue weighted by molar-refractivity contribution is -0.123. The molecule has 2 fully saturated rings. The van der Waals surface area contributed by atoms with Crippen LogP contribution in [0.5, 0.6) is 0 Å². The highest BCUT2D eigenvalue weighted by atomic mass is 32.1. The maximum absolute atomic E-state index is 14.2. The number of aryl methyl sites for hydroxylation is 1. The van der Waals surface area contributed by atoms with E-state index in [2.05, 4.69) is 15.0 Å². The van der Waals surface area contributed by atoms with Crippen LogP contribution in [0.3, 0.4) is 0 Å². The summed E-state index contributed by atoms with van der Waals surface area (Å²) >= 11 is 0.781. The number of anilines is 2. The summed E-state index contributed by atoms with van der Waals surface area (Å²) in [5, 5.41) is 5.86. The van der Waals surface area contributed by atoms with Crippen LogP contribution in [0, 0.1) is 12.7 Å². The fourth-order valence-electron chi connectivity index (χ4n) is 5.30. The fraction of sp³-hybridized carbons (Fsp3) is 0.448. The van der Waals surface area contributed by atoms with E-state index >= 15 is 0 Å². The van der Waals surface area contributed by atoms with Crippen LogP contribution in [0.4, 0.5) is 15.8 Å². The van der Waals surface area contributed by atoms with Crippen LogP contribution < -0.4 is 21.3 Å². The number of amides is 3. The van der Waals surface area contributed by atoms with Crippen LogP contribution in [0.1, 0.15) is 82.7 Å². The molecule has 0 spiro atoms. The lowest BCUT2D eigenvalue weighted by Gasteiger charge is -2.30. The van der Waals surface area contributed by atoms with Crippen molar-refractivity contribution in [1.82, 2.24) is 15.0 Å². The molecule has 1 aliphatic carbocycles. The topological polar surface area (TPSA) is 140 Å². The fourth-order valence-corrected chi connectivity index (χ4v) is 6.04. The smallest absolute Gasteiger partial charge is 0.273 e. The molecule has 3 aromatic rings. The number of rotatable bonds is 9. The van der Waals surface area contributed by atoms with Crippen molar-refractivity contribution in [2.24, 2.45) is 0 Å². The van der Waals surface area contributed by atoms with Crippen molar-refractivity contribution < 1.29 is 27.9 Å². The lowest BCUT2D eigenvalue weighted by Crippen LogP contribution is -2.45. The van der Waals surface area contributed by atoms with Gasteiger partial charge in [-0.25, -0.2) is 4.39 Å². The number of carbonyl (C=O) groups is 3. The van der Waals surface area contributed by atoms with Gasteiger partial charge in [0.2, 0.25) is 0 Å². The minimum atomic E-state index is -1.26. The highest BCUT2D eigenvalue weighted by molar-refractivity contribution is 7.09. The second kappa shape index (κ2) is 12.8. The summed E-state index contributed by atoms with van der Waals surface area (Å²) in [5.41, 5.74) is 6.48. The third kappa shape index (κ3) is 6.59. The molecular weight excluding hydrogens is 549 g/mol. The molecule has 218 valence electrons. The van der Waals surface area contributed by atoms with Crippen molar-refractivity contribution in [3.8, 4) is 0 Å². The van der Waals surface area contributed by atoms with E-state index in [-0.39, 0.29) is 46.4 Å². The van der Waals surface area contributed by atoms with Crippen LogP contribution in [-0.2, 0) is 9.53 Å². The van der Waals surface area contributed by atoms with Gasteiger partial charge in [-0.2, -0.15) is 4.37 Å². The number of carbonyl (C=O) groups excluding carboxylic acids is 3. The number of ether oxygens (including phenoxy) is 1. The first kappa shape index (κ1) is 28.7. The van der Waals surface area contributed by atoms with Gasteiger partial charge in [0, 0.05) is 24.9 Å². The van der Waals surface area contributed by atoms with E-state index in [0.29, 0.717) is 12.4 Å². The summed E-state index contributed by atoms with van der Waals surface area (Å²) in [7, 11) is 0. The largest absolute Gasteiger partial charge is 0.464 e. The van der Waals surface area contributed by atoms with E-state index in [1.165, 1.54) is 29.2 Å². The van der Waals surface area contributed by atoms with Gasteiger partial charge in [-0.15, -0.1) is 0 Å². The van der Waals surface area contributed by atoms with Gasteiger partial charge in [0.1, 0.15) is 22.2 Å². The number of hydrogen-bond acceptors (Lipinski definition) is 8. The number of nitrogen functional groups attached to an aromatic ring is 1. The molecule has 0 radical (unpaired) electrons. The van der Waals surface area contributed by atoms with Crippen molar-refractivity contribution in [2.45, 2.75) is 70.1 Å². The van der Waals surface area contributed by atoms with E-state index < -0.39 is 29.6 Å².